The Morgan fingerprint density at radius 1 is 1.07 bits per heavy atom. The predicted molar refractivity (Wildman–Crippen MR) is 109 cm³/mol. The number of hydrogen-bond donors (Lipinski definition) is 2. The van der Waals surface area contributed by atoms with Crippen LogP contribution >= 0.6 is 0 Å². The Morgan fingerprint density at radius 2 is 1.82 bits per heavy atom. The van der Waals surface area contributed by atoms with Crippen LogP contribution in [0.15, 0.2) is 78.5 Å². The second-order valence-electron chi connectivity index (χ2n) is 6.31. The maximum Gasteiger partial charge on any atom is 0.257 e. The maximum atomic E-state index is 12.9. The number of amides is 1. The lowest BCUT2D eigenvalue weighted by Crippen LogP contribution is -2.31. The molecule has 2 heterocycles. The summed E-state index contributed by atoms with van der Waals surface area (Å²) in [6.45, 7) is 0.252. The van der Waals surface area contributed by atoms with Crippen LogP contribution in [0.25, 0.3) is 5.76 Å². The van der Waals surface area contributed by atoms with E-state index >= 15 is 0 Å². The molecule has 0 fully saturated rings. The molecule has 0 radical (unpaired) electrons. The van der Waals surface area contributed by atoms with E-state index in [4.69, 9.17) is 4.74 Å². The second-order valence-corrected chi connectivity index (χ2v) is 6.31. The van der Waals surface area contributed by atoms with Crippen molar-refractivity contribution < 1.29 is 14.6 Å². The van der Waals surface area contributed by atoms with E-state index < -0.39 is 0 Å². The predicted octanol–water partition coefficient (Wildman–Crippen LogP) is 4.15. The number of fused-ring (bicyclic) bond motifs is 1. The minimum Gasteiger partial charge on any atom is -0.507 e. The molecule has 2 N–H and O–H groups in total. The highest BCUT2D eigenvalue weighted by molar-refractivity contribution is 6.10. The number of carbonyl (C=O) groups is 1. The molecular formula is C22H19N3O3. The van der Waals surface area contributed by atoms with Gasteiger partial charge in [-0.3, -0.25) is 4.79 Å². The van der Waals surface area contributed by atoms with Gasteiger partial charge in [-0.2, -0.15) is 0 Å². The lowest BCUT2D eigenvalue weighted by Gasteiger charge is -2.32. The highest BCUT2D eigenvalue weighted by Crippen LogP contribution is 2.38. The first kappa shape index (κ1) is 17.6. The molecule has 1 amide bonds. The van der Waals surface area contributed by atoms with Crippen molar-refractivity contribution in [3.63, 3.8) is 0 Å². The highest BCUT2D eigenvalue weighted by atomic mass is 16.5. The summed E-state index contributed by atoms with van der Waals surface area (Å²) in [7, 11) is 1.53. The fourth-order valence-corrected chi connectivity index (χ4v) is 3.19. The van der Waals surface area contributed by atoms with Gasteiger partial charge >= 0.3 is 0 Å². The molecule has 0 aliphatic carbocycles. The van der Waals surface area contributed by atoms with E-state index in [9.17, 15) is 9.90 Å². The summed E-state index contributed by atoms with van der Waals surface area (Å²) in [4.78, 5) is 19.0. The van der Waals surface area contributed by atoms with E-state index in [0.717, 1.165) is 11.4 Å². The van der Waals surface area contributed by atoms with Gasteiger partial charge in [0, 0.05) is 17.3 Å². The molecule has 1 aromatic heterocycles. The number of benzene rings is 2. The number of aliphatic hydroxyl groups is 1. The van der Waals surface area contributed by atoms with Crippen molar-refractivity contribution in [1.82, 2.24) is 4.98 Å². The number of nitrogens with zero attached hydrogens (tertiary/aromatic N) is 2. The van der Waals surface area contributed by atoms with E-state index in [1.165, 1.54) is 13.3 Å². The molecule has 1 aliphatic rings. The molecule has 0 bridgehead atoms. The number of anilines is 3. The van der Waals surface area contributed by atoms with Gasteiger partial charge in [0.1, 0.15) is 5.76 Å². The van der Waals surface area contributed by atoms with Gasteiger partial charge in [0.25, 0.3) is 5.91 Å². The Hall–Kier alpha value is -3.80. The number of aliphatic hydroxyl groups excluding tert-OH is 1. The third-order valence-corrected chi connectivity index (χ3v) is 4.60. The molecule has 1 aliphatic heterocycles. The maximum absolute atomic E-state index is 12.9. The third kappa shape index (κ3) is 3.27. The van der Waals surface area contributed by atoms with Crippen LogP contribution in [-0.4, -0.2) is 29.7 Å². The Balaban J connectivity index is 1.68. The molecule has 28 heavy (non-hydrogen) atoms. The van der Waals surface area contributed by atoms with E-state index in [2.05, 4.69) is 10.3 Å². The van der Waals surface area contributed by atoms with Crippen LogP contribution < -0.4 is 15.0 Å². The van der Waals surface area contributed by atoms with Gasteiger partial charge in [0.05, 0.1) is 36.8 Å². The third-order valence-electron chi connectivity index (χ3n) is 4.60. The lowest BCUT2D eigenvalue weighted by molar-refractivity contribution is -0.112. The van der Waals surface area contributed by atoms with Crippen LogP contribution in [-0.2, 0) is 4.79 Å². The molecule has 6 heteroatoms. The minimum atomic E-state index is -0.375. The second kappa shape index (κ2) is 7.44. The van der Waals surface area contributed by atoms with E-state index in [-0.39, 0.29) is 18.2 Å². The Bertz CT molecular complexity index is 1030. The summed E-state index contributed by atoms with van der Waals surface area (Å²) in [5.74, 6) is 0.0727. The average molecular weight is 373 g/mol. The van der Waals surface area contributed by atoms with Crippen molar-refractivity contribution in [3.05, 3.63) is 84.1 Å². The van der Waals surface area contributed by atoms with Crippen molar-refractivity contribution in [2.45, 2.75) is 0 Å². The van der Waals surface area contributed by atoms with Gasteiger partial charge in [-0.15, -0.1) is 0 Å². The number of rotatable bonds is 4. The molecule has 140 valence electrons. The summed E-state index contributed by atoms with van der Waals surface area (Å²) >= 11 is 0. The fourth-order valence-electron chi connectivity index (χ4n) is 3.19. The monoisotopic (exact) mass is 373 g/mol. The number of methoxy groups -OCH3 is 1. The number of para-hydroxylation sites is 2. The smallest absolute Gasteiger partial charge is 0.257 e. The first-order valence-corrected chi connectivity index (χ1v) is 8.83. The van der Waals surface area contributed by atoms with Crippen molar-refractivity contribution in [2.75, 3.05) is 23.9 Å². The molecule has 2 aromatic carbocycles. The Morgan fingerprint density at radius 3 is 2.54 bits per heavy atom. The van der Waals surface area contributed by atoms with Crippen LogP contribution in [0.5, 0.6) is 5.88 Å². The summed E-state index contributed by atoms with van der Waals surface area (Å²) in [6, 6.07) is 20.6. The number of carbonyl (C=O) groups excluding carboxylic acids is 1. The fraction of sp³-hybridized carbons (Fsp3) is 0.0909. The first-order chi connectivity index (χ1) is 13.7. The molecule has 3 aromatic rings. The molecule has 0 spiro atoms. The van der Waals surface area contributed by atoms with Crippen molar-refractivity contribution in [2.24, 2.45) is 0 Å². The zero-order valence-electron chi connectivity index (χ0n) is 15.3. The number of pyridine rings is 1. The van der Waals surface area contributed by atoms with Crippen LogP contribution in [0.2, 0.25) is 0 Å². The van der Waals surface area contributed by atoms with Crippen molar-refractivity contribution in [3.8, 4) is 5.88 Å². The summed E-state index contributed by atoms with van der Waals surface area (Å²) in [6.07, 6.45) is 1.51. The molecule has 6 nitrogen and oxygen atoms in total. The number of nitrogens with one attached hydrogen (secondary N) is 1. The minimum absolute atomic E-state index is 0.0123. The summed E-state index contributed by atoms with van der Waals surface area (Å²) in [5.41, 5.74) is 3.23. The SMILES string of the molecule is COc1ccc(NC(=O)C2=C(O)c3ccccc3N(c3ccccc3)C2)cn1. The number of ether oxygens (including phenoxy) is 1. The standard InChI is InChI=1S/C22H19N3O3/c1-28-20-12-11-15(13-23-20)24-22(27)18-14-25(16-7-3-2-4-8-16)19-10-6-5-9-17(19)21(18)26/h2-13,26H,14H2,1H3,(H,24,27). The molecule has 0 atom stereocenters. The quantitative estimate of drug-likeness (QED) is 0.719. The van der Waals surface area contributed by atoms with Gasteiger partial charge in [-0.1, -0.05) is 30.3 Å². The number of hydrogen-bond acceptors (Lipinski definition) is 5. The van der Waals surface area contributed by atoms with Gasteiger partial charge in [-0.05, 0) is 30.3 Å². The zero-order valence-corrected chi connectivity index (χ0v) is 15.3. The van der Waals surface area contributed by atoms with Gasteiger partial charge in [-0.25, -0.2) is 4.98 Å². The highest BCUT2D eigenvalue weighted by Gasteiger charge is 2.28. The Labute approximate surface area is 162 Å². The average Bonchev–Trinajstić information content (AvgIpc) is 2.75. The van der Waals surface area contributed by atoms with Crippen LogP contribution in [0.4, 0.5) is 17.1 Å². The van der Waals surface area contributed by atoms with E-state index in [1.54, 1.807) is 12.1 Å². The van der Waals surface area contributed by atoms with E-state index in [1.807, 2.05) is 59.5 Å². The lowest BCUT2D eigenvalue weighted by atomic mass is 9.99. The van der Waals surface area contributed by atoms with Crippen LogP contribution in [0.1, 0.15) is 5.56 Å². The van der Waals surface area contributed by atoms with Gasteiger partial charge in [0.2, 0.25) is 5.88 Å². The molecule has 0 saturated heterocycles. The van der Waals surface area contributed by atoms with E-state index in [0.29, 0.717) is 22.7 Å². The van der Waals surface area contributed by atoms with Gasteiger partial charge in [0.15, 0.2) is 0 Å². The van der Waals surface area contributed by atoms with Crippen molar-refractivity contribution in [1.29, 1.82) is 0 Å². The zero-order chi connectivity index (χ0) is 19.5. The Kier molecular flexibility index (Phi) is 4.68. The summed E-state index contributed by atoms with van der Waals surface area (Å²) in [5, 5.41) is 13.6. The molecule has 0 saturated carbocycles. The topological polar surface area (TPSA) is 74.7 Å². The normalized spacial score (nSPS) is 13.1. The first-order valence-electron chi connectivity index (χ1n) is 8.83. The van der Waals surface area contributed by atoms with Crippen LogP contribution in [0.3, 0.4) is 0 Å². The molecule has 0 unspecified atom stereocenters. The van der Waals surface area contributed by atoms with Gasteiger partial charge < -0.3 is 20.1 Å². The molecular weight excluding hydrogens is 354 g/mol. The number of aromatic nitrogens is 1. The largest absolute Gasteiger partial charge is 0.507 e. The van der Waals surface area contributed by atoms with Crippen LogP contribution in [0, 0.1) is 0 Å². The summed E-state index contributed by atoms with van der Waals surface area (Å²) < 4.78 is 5.03. The molecule has 4 rings (SSSR count). The van der Waals surface area contributed by atoms with Crippen molar-refractivity contribution >= 4 is 28.7 Å².